The second-order valence-electron chi connectivity index (χ2n) is 4.93. The first kappa shape index (κ1) is 16.7. The molecule has 4 nitrogen and oxygen atoms in total. The third kappa shape index (κ3) is 3.23. The van der Waals surface area contributed by atoms with Crippen molar-refractivity contribution in [2.24, 2.45) is 11.8 Å². The summed E-state index contributed by atoms with van der Waals surface area (Å²) in [5.41, 5.74) is -0.0137. The number of carboxylic acids is 1. The number of carbonyl (C=O) groups is 2. The lowest BCUT2D eigenvalue weighted by Gasteiger charge is -2.18. The van der Waals surface area contributed by atoms with Crippen molar-refractivity contribution in [3.63, 3.8) is 0 Å². The molecule has 1 saturated heterocycles. The third-order valence-electron chi connectivity index (χ3n) is 3.51. The van der Waals surface area contributed by atoms with E-state index in [-0.39, 0.29) is 10.0 Å². The predicted molar refractivity (Wildman–Crippen MR) is 70.7 cm³/mol. The van der Waals surface area contributed by atoms with E-state index in [9.17, 15) is 27.2 Å². The minimum absolute atomic E-state index is 0.000275. The van der Waals surface area contributed by atoms with Crippen LogP contribution in [0, 0.1) is 17.7 Å². The number of likely N-dealkylation sites (tertiary alicyclic amines) is 1. The van der Waals surface area contributed by atoms with Gasteiger partial charge in [0.15, 0.2) is 0 Å². The van der Waals surface area contributed by atoms with Crippen molar-refractivity contribution in [1.29, 1.82) is 0 Å². The van der Waals surface area contributed by atoms with Gasteiger partial charge >= 0.3 is 12.1 Å². The van der Waals surface area contributed by atoms with Crippen molar-refractivity contribution in [3.05, 3.63) is 34.1 Å². The maximum absolute atomic E-state index is 13.1. The normalized spacial score (nSPS) is 22.0. The number of benzene rings is 1. The molecule has 2 rings (SSSR count). The van der Waals surface area contributed by atoms with Crippen LogP contribution in [0.3, 0.4) is 0 Å². The largest absolute Gasteiger partial charge is 0.481 e. The summed E-state index contributed by atoms with van der Waals surface area (Å²) in [5, 5.41) is 8.90. The lowest BCUT2D eigenvalue weighted by atomic mass is 9.96. The van der Waals surface area contributed by atoms with E-state index in [1.54, 1.807) is 0 Å². The number of carboxylic acid groups (broad SMARTS) is 1. The Morgan fingerprint density at radius 1 is 1.27 bits per heavy atom. The molecule has 0 saturated carbocycles. The van der Waals surface area contributed by atoms with Crippen LogP contribution in [0.1, 0.15) is 10.4 Å². The van der Waals surface area contributed by atoms with Crippen LogP contribution in [-0.2, 0) is 4.79 Å². The highest BCUT2D eigenvalue weighted by Crippen LogP contribution is 2.38. The summed E-state index contributed by atoms with van der Waals surface area (Å²) in [6, 6.07) is 3.29. The summed E-state index contributed by atoms with van der Waals surface area (Å²) in [5.74, 6) is -6.79. The Balaban J connectivity index is 2.24. The Morgan fingerprint density at radius 3 is 2.36 bits per heavy atom. The van der Waals surface area contributed by atoms with Crippen LogP contribution in [0.15, 0.2) is 22.7 Å². The van der Waals surface area contributed by atoms with Crippen molar-refractivity contribution < 1.29 is 32.3 Å². The molecule has 0 aliphatic carbocycles. The molecule has 2 atom stereocenters. The fourth-order valence-electron chi connectivity index (χ4n) is 2.36. The van der Waals surface area contributed by atoms with E-state index >= 15 is 0 Å². The van der Waals surface area contributed by atoms with Crippen LogP contribution in [0.4, 0.5) is 17.6 Å². The van der Waals surface area contributed by atoms with Gasteiger partial charge in [-0.2, -0.15) is 13.2 Å². The molecule has 120 valence electrons. The fraction of sp³-hybridized carbons (Fsp3) is 0.385. The zero-order valence-corrected chi connectivity index (χ0v) is 12.5. The Kier molecular flexibility index (Phi) is 4.46. The van der Waals surface area contributed by atoms with Crippen molar-refractivity contribution in [2.75, 3.05) is 13.1 Å². The van der Waals surface area contributed by atoms with Gasteiger partial charge in [-0.25, -0.2) is 4.39 Å². The van der Waals surface area contributed by atoms with Gasteiger partial charge in [-0.1, -0.05) is 0 Å². The van der Waals surface area contributed by atoms with E-state index in [1.165, 1.54) is 0 Å². The quantitative estimate of drug-likeness (QED) is 0.798. The smallest absolute Gasteiger partial charge is 0.394 e. The minimum atomic E-state index is -4.71. The molecular formula is C13H10BrF4NO3. The number of amides is 1. The molecule has 0 radical (unpaired) electrons. The van der Waals surface area contributed by atoms with E-state index in [4.69, 9.17) is 5.11 Å². The molecule has 1 aliphatic heterocycles. The molecule has 22 heavy (non-hydrogen) atoms. The molecule has 0 bridgehead atoms. The Hall–Kier alpha value is -1.64. The SMILES string of the molecule is O=C(O)[C@@H]1CN(C(=O)c2ccc(F)c(Br)c2)C[C@H]1C(F)(F)F. The first-order valence-corrected chi connectivity index (χ1v) is 6.94. The van der Waals surface area contributed by atoms with E-state index in [1.807, 2.05) is 0 Å². The molecule has 1 aromatic carbocycles. The molecule has 9 heteroatoms. The highest BCUT2D eigenvalue weighted by atomic mass is 79.9. The Morgan fingerprint density at radius 2 is 1.91 bits per heavy atom. The van der Waals surface area contributed by atoms with Gasteiger partial charge in [-0.15, -0.1) is 0 Å². The van der Waals surface area contributed by atoms with Crippen molar-refractivity contribution in [3.8, 4) is 0 Å². The second-order valence-corrected chi connectivity index (χ2v) is 5.79. The average Bonchev–Trinajstić information content (AvgIpc) is 2.86. The number of rotatable bonds is 2. The van der Waals surface area contributed by atoms with Gasteiger partial charge in [0.1, 0.15) is 5.82 Å². The van der Waals surface area contributed by atoms with Gasteiger partial charge < -0.3 is 10.0 Å². The van der Waals surface area contributed by atoms with Gasteiger partial charge in [0.05, 0.1) is 16.3 Å². The highest BCUT2D eigenvalue weighted by molar-refractivity contribution is 9.10. The highest BCUT2D eigenvalue weighted by Gasteiger charge is 2.53. The summed E-state index contributed by atoms with van der Waals surface area (Å²) in [6.45, 7) is -1.26. The molecule has 0 spiro atoms. The number of aliphatic carboxylic acids is 1. The maximum atomic E-state index is 13.1. The van der Waals surface area contributed by atoms with E-state index < -0.39 is 48.8 Å². The van der Waals surface area contributed by atoms with Gasteiger partial charge in [-0.3, -0.25) is 9.59 Å². The summed E-state index contributed by atoms with van der Waals surface area (Å²) < 4.78 is 51.7. The predicted octanol–water partition coefficient (Wildman–Crippen LogP) is 2.92. The van der Waals surface area contributed by atoms with Gasteiger partial charge in [0, 0.05) is 18.7 Å². The summed E-state index contributed by atoms with van der Waals surface area (Å²) in [6.07, 6.45) is -4.71. The standard InChI is InChI=1S/C13H10BrF4NO3/c14-9-3-6(1-2-10(9)15)11(20)19-4-7(12(21)22)8(5-19)13(16,17)18/h1-3,7-8H,4-5H2,(H,21,22)/t7-,8-/m1/s1. The average molecular weight is 384 g/mol. The molecule has 1 heterocycles. The Bertz CT molecular complexity index is 620. The van der Waals surface area contributed by atoms with Crippen molar-refractivity contribution in [1.82, 2.24) is 4.90 Å². The number of alkyl halides is 3. The topological polar surface area (TPSA) is 57.6 Å². The first-order chi connectivity index (χ1) is 10.1. The monoisotopic (exact) mass is 383 g/mol. The lowest BCUT2D eigenvalue weighted by molar-refractivity contribution is -0.187. The van der Waals surface area contributed by atoms with E-state index in [2.05, 4.69) is 15.9 Å². The molecule has 1 aromatic rings. The summed E-state index contributed by atoms with van der Waals surface area (Å²) in [4.78, 5) is 24.0. The van der Waals surface area contributed by atoms with E-state index in [0.29, 0.717) is 0 Å². The maximum Gasteiger partial charge on any atom is 0.394 e. The molecule has 1 N–H and O–H groups in total. The molecular weight excluding hydrogens is 374 g/mol. The van der Waals surface area contributed by atoms with Gasteiger partial charge in [0.2, 0.25) is 0 Å². The van der Waals surface area contributed by atoms with Gasteiger partial charge in [-0.05, 0) is 34.1 Å². The number of hydrogen-bond donors (Lipinski definition) is 1. The van der Waals surface area contributed by atoms with Crippen LogP contribution in [-0.4, -0.2) is 41.1 Å². The van der Waals surface area contributed by atoms with Crippen LogP contribution in [0.2, 0.25) is 0 Å². The van der Waals surface area contributed by atoms with Crippen LogP contribution < -0.4 is 0 Å². The summed E-state index contributed by atoms with van der Waals surface area (Å²) >= 11 is 2.88. The molecule has 0 aromatic heterocycles. The first-order valence-electron chi connectivity index (χ1n) is 6.15. The molecule has 1 amide bonds. The van der Waals surface area contributed by atoms with Crippen molar-refractivity contribution >= 4 is 27.8 Å². The Labute approximate surface area is 130 Å². The van der Waals surface area contributed by atoms with Crippen LogP contribution in [0.5, 0.6) is 0 Å². The van der Waals surface area contributed by atoms with Crippen molar-refractivity contribution in [2.45, 2.75) is 6.18 Å². The zero-order valence-electron chi connectivity index (χ0n) is 10.9. The second kappa shape index (κ2) is 5.86. The molecule has 0 unspecified atom stereocenters. The number of carbonyl (C=O) groups excluding carboxylic acids is 1. The fourth-order valence-corrected chi connectivity index (χ4v) is 2.74. The zero-order chi connectivity index (χ0) is 16.7. The number of halogens is 5. The molecule has 1 aliphatic rings. The number of hydrogen-bond acceptors (Lipinski definition) is 2. The number of nitrogens with zero attached hydrogens (tertiary/aromatic N) is 1. The minimum Gasteiger partial charge on any atom is -0.481 e. The van der Waals surface area contributed by atoms with Crippen LogP contribution in [0.25, 0.3) is 0 Å². The van der Waals surface area contributed by atoms with Gasteiger partial charge in [0.25, 0.3) is 5.91 Å². The molecule has 1 fully saturated rings. The third-order valence-corrected chi connectivity index (χ3v) is 4.12. The lowest BCUT2D eigenvalue weighted by Crippen LogP contribution is -2.34. The summed E-state index contributed by atoms with van der Waals surface area (Å²) in [7, 11) is 0. The van der Waals surface area contributed by atoms with Crippen LogP contribution >= 0.6 is 15.9 Å². The van der Waals surface area contributed by atoms with E-state index in [0.717, 1.165) is 23.1 Å².